The minimum absolute atomic E-state index is 0.0412. The lowest BCUT2D eigenvalue weighted by Gasteiger charge is -2.28. The maximum absolute atomic E-state index is 12.8. The average Bonchev–Trinajstić information content (AvgIpc) is 2.65. The molecule has 0 aliphatic heterocycles. The zero-order chi connectivity index (χ0) is 17.6. The average molecular weight is 340 g/mol. The first-order valence-corrected chi connectivity index (χ1v) is 8.09. The SMILES string of the molecule is N#Cc1cccc(C(=O)NC2CCC(Oc3ncc(F)cn3)CC2)c1. The zero-order valence-corrected chi connectivity index (χ0v) is 13.5. The van der Waals surface area contributed by atoms with Gasteiger partial charge in [0.1, 0.15) is 6.10 Å². The molecule has 3 rings (SSSR count). The number of hydrogen-bond acceptors (Lipinski definition) is 5. The van der Waals surface area contributed by atoms with Crippen molar-refractivity contribution in [1.29, 1.82) is 5.26 Å². The Labute approximate surface area is 144 Å². The number of nitrogens with one attached hydrogen (secondary N) is 1. The Kier molecular flexibility index (Phi) is 5.19. The van der Waals surface area contributed by atoms with E-state index in [1.165, 1.54) is 0 Å². The van der Waals surface area contributed by atoms with Gasteiger partial charge in [0.15, 0.2) is 5.82 Å². The van der Waals surface area contributed by atoms with E-state index in [2.05, 4.69) is 15.3 Å². The molecule has 0 bridgehead atoms. The lowest BCUT2D eigenvalue weighted by Crippen LogP contribution is -2.39. The van der Waals surface area contributed by atoms with Crippen LogP contribution in [0.4, 0.5) is 4.39 Å². The van der Waals surface area contributed by atoms with E-state index in [0.717, 1.165) is 38.1 Å². The maximum atomic E-state index is 12.8. The summed E-state index contributed by atoms with van der Waals surface area (Å²) in [6, 6.07) is 8.89. The maximum Gasteiger partial charge on any atom is 0.316 e. The van der Waals surface area contributed by atoms with Crippen LogP contribution < -0.4 is 10.1 Å². The number of carbonyl (C=O) groups is 1. The number of aromatic nitrogens is 2. The highest BCUT2D eigenvalue weighted by molar-refractivity contribution is 5.94. The Morgan fingerprint density at radius 1 is 1.24 bits per heavy atom. The second-order valence-corrected chi connectivity index (χ2v) is 5.94. The second-order valence-electron chi connectivity index (χ2n) is 5.94. The molecule has 128 valence electrons. The molecular formula is C18H17FN4O2. The van der Waals surface area contributed by atoms with Crippen molar-refractivity contribution in [2.45, 2.75) is 37.8 Å². The summed E-state index contributed by atoms with van der Waals surface area (Å²) < 4.78 is 18.4. The van der Waals surface area contributed by atoms with Crippen LogP contribution in [0.25, 0.3) is 0 Å². The van der Waals surface area contributed by atoms with Crippen LogP contribution >= 0.6 is 0 Å². The summed E-state index contributed by atoms with van der Waals surface area (Å²) in [5, 5.41) is 11.9. The number of nitrogens with zero attached hydrogens (tertiary/aromatic N) is 3. The van der Waals surface area contributed by atoms with Crippen LogP contribution in [0.2, 0.25) is 0 Å². The van der Waals surface area contributed by atoms with Crippen LogP contribution in [0.5, 0.6) is 6.01 Å². The molecule has 7 heteroatoms. The predicted octanol–water partition coefficient (Wildman–Crippen LogP) is 2.61. The van der Waals surface area contributed by atoms with E-state index >= 15 is 0 Å². The lowest BCUT2D eigenvalue weighted by molar-refractivity contribution is 0.0885. The van der Waals surface area contributed by atoms with Crippen molar-refractivity contribution >= 4 is 5.91 Å². The van der Waals surface area contributed by atoms with Gasteiger partial charge < -0.3 is 10.1 Å². The van der Waals surface area contributed by atoms with Crippen LogP contribution in [-0.2, 0) is 0 Å². The monoisotopic (exact) mass is 340 g/mol. The van der Waals surface area contributed by atoms with Crippen LogP contribution in [-0.4, -0.2) is 28.0 Å². The smallest absolute Gasteiger partial charge is 0.316 e. The van der Waals surface area contributed by atoms with Crippen molar-refractivity contribution in [3.05, 3.63) is 53.6 Å². The van der Waals surface area contributed by atoms with Crippen molar-refractivity contribution < 1.29 is 13.9 Å². The molecule has 0 atom stereocenters. The third-order valence-electron chi connectivity index (χ3n) is 4.13. The van der Waals surface area contributed by atoms with E-state index in [1.807, 2.05) is 6.07 Å². The van der Waals surface area contributed by atoms with Gasteiger partial charge in [-0.2, -0.15) is 5.26 Å². The molecule has 2 aromatic rings. The fourth-order valence-corrected chi connectivity index (χ4v) is 2.83. The highest BCUT2D eigenvalue weighted by Gasteiger charge is 2.24. The van der Waals surface area contributed by atoms with E-state index in [4.69, 9.17) is 10.00 Å². The molecule has 0 unspecified atom stereocenters. The highest BCUT2D eigenvalue weighted by Crippen LogP contribution is 2.22. The fraction of sp³-hybridized carbons (Fsp3) is 0.333. The molecule has 1 aromatic heterocycles. The number of ether oxygens (including phenoxy) is 1. The first-order valence-electron chi connectivity index (χ1n) is 8.09. The number of halogens is 1. The predicted molar refractivity (Wildman–Crippen MR) is 87.3 cm³/mol. The third-order valence-corrected chi connectivity index (χ3v) is 4.13. The Morgan fingerprint density at radius 3 is 2.64 bits per heavy atom. The topological polar surface area (TPSA) is 87.9 Å². The first-order chi connectivity index (χ1) is 12.1. The number of nitriles is 1. The van der Waals surface area contributed by atoms with Gasteiger partial charge in [-0.1, -0.05) is 6.07 Å². The lowest BCUT2D eigenvalue weighted by atomic mass is 9.92. The molecule has 6 nitrogen and oxygen atoms in total. The molecule has 1 aliphatic carbocycles. The summed E-state index contributed by atoms with van der Waals surface area (Å²) >= 11 is 0. The molecule has 0 saturated heterocycles. The Balaban J connectivity index is 1.49. The normalized spacial score (nSPS) is 19.7. The van der Waals surface area contributed by atoms with Gasteiger partial charge in [-0.05, 0) is 43.9 Å². The van der Waals surface area contributed by atoms with Crippen molar-refractivity contribution in [2.75, 3.05) is 0 Å². The molecule has 0 radical (unpaired) electrons. The van der Waals surface area contributed by atoms with Crippen molar-refractivity contribution in [3.63, 3.8) is 0 Å². The number of benzene rings is 1. The summed E-state index contributed by atoms with van der Waals surface area (Å²) in [5.74, 6) is -0.678. The largest absolute Gasteiger partial charge is 0.460 e. The summed E-state index contributed by atoms with van der Waals surface area (Å²) in [6.07, 6.45) is 5.16. The van der Waals surface area contributed by atoms with E-state index < -0.39 is 5.82 Å². The van der Waals surface area contributed by atoms with Crippen LogP contribution in [0.15, 0.2) is 36.7 Å². The van der Waals surface area contributed by atoms with Gasteiger partial charge >= 0.3 is 6.01 Å². The zero-order valence-electron chi connectivity index (χ0n) is 13.5. The molecule has 1 aromatic carbocycles. The van der Waals surface area contributed by atoms with Crippen molar-refractivity contribution in [2.24, 2.45) is 0 Å². The Morgan fingerprint density at radius 2 is 1.96 bits per heavy atom. The van der Waals surface area contributed by atoms with Gasteiger partial charge in [-0.15, -0.1) is 0 Å². The molecule has 1 N–H and O–H groups in total. The number of carbonyl (C=O) groups excluding carboxylic acids is 1. The molecule has 1 saturated carbocycles. The van der Waals surface area contributed by atoms with Crippen LogP contribution in [0, 0.1) is 17.1 Å². The van der Waals surface area contributed by atoms with Crippen molar-refractivity contribution in [3.8, 4) is 12.1 Å². The molecule has 0 spiro atoms. The van der Waals surface area contributed by atoms with E-state index in [0.29, 0.717) is 11.1 Å². The van der Waals surface area contributed by atoms with Crippen LogP contribution in [0.1, 0.15) is 41.6 Å². The van der Waals surface area contributed by atoms with Gasteiger partial charge in [0.2, 0.25) is 0 Å². The van der Waals surface area contributed by atoms with E-state index in [9.17, 15) is 9.18 Å². The third kappa shape index (κ3) is 4.51. The van der Waals surface area contributed by atoms with Gasteiger partial charge in [0.25, 0.3) is 5.91 Å². The van der Waals surface area contributed by atoms with Gasteiger partial charge in [-0.3, -0.25) is 4.79 Å². The Hall–Kier alpha value is -3.01. The number of amides is 1. The highest BCUT2D eigenvalue weighted by atomic mass is 19.1. The number of hydrogen-bond donors (Lipinski definition) is 1. The standard InChI is InChI=1S/C18H17FN4O2/c19-14-10-21-18(22-11-14)25-16-6-4-15(5-7-16)23-17(24)13-3-1-2-12(8-13)9-20/h1-3,8,10-11,15-16H,4-7H2,(H,23,24). The fourth-order valence-electron chi connectivity index (χ4n) is 2.83. The molecular weight excluding hydrogens is 323 g/mol. The quantitative estimate of drug-likeness (QED) is 0.924. The first kappa shape index (κ1) is 16.8. The molecule has 1 heterocycles. The summed E-state index contributed by atoms with van der Waals surface area (Å²) in [7, 11) is 0. The Bertz CT molecular complexity index is 780. The number of rotatable bonds is 4. The van der Waals surface area contributed by atoms with Gasteiger partial charge in [-0.25, -0.2) is 14.4 Å². The van der Waals surface area contributed by atoms with Gasteiger partial charge in [0.05, 0.1) is 24.0 Å². The summed E-state index contributed by atoms with van der Waals surface area (Å²) in [4.78, 5) is 19.9. The van der Waals surface area contributed by atoms with Crippen LogP contribution in [0.3, 0.4) is 0 Å². The molecule has 1 amide bonds. The molecule has 25 heavy (non-hydrogen) atoms. The summed E-state index contributed by atoms with van der Waals surface area (Å²) in [6.45, 7) is 0. The van der Waals surface area contributed by atoms with Gasteiger partial charge in [0, 0.05) is 11.6 Å². The van der Waals surface area contributed by atoms with Crippen molar-refractivity contribution in [1.82, 2.24) is 15.3 Å². The molecule has 1 aliphatic rings. The summed E-state index contributed by atoms with van der Waals surface area (Å²) in [5.41, 5.74) is 0.946. The second kappa shape index (κ2) is 7.71. The minimum Gasteiger partial charge on any atom is -0.460 e. The van der Waals surface area contributed by atoms with E-state index in [-0.39, 0.29) is 24.1 Å². The molecule has 1 fully saturated rings. The van der Waals surface area contributed by atoms with E-state index in [1.54, 1.807) is 24.3 Å². The minimum atomic E-state index is -0.501.